The van der Waals surface area contributed by atoms with Crippen molar-refractivity contribution in [3.8, 4) is 5.75 Å². The molecule has 1 N–H and O–H groups in total. The van der Waals surface area contributed by atoms with Gasteiger partial charge in [-0.15, -0.1) is 0 Å². The Morgan fingerprint density at radius 1 is 1.14 bits per heavy atom. The summed E-state index contributed by atoms with van der Waals surface area (Å²) >= 11 is 0. The van der Waals surface area contributed by atoms with E-state index in [1.54, 1.807) is 13.2 Å². The predicted molar refractivity (Wildman–Crippen MR) is 113 cm³/mol. The number of hydrogen-bond donors (Lipinski definition) is 1. The molecule has 1 aliphatic heterocycles. The number of methoxy groups -OCH3 is 1. The lowest BCUT2D eigenvalue weighted by Gasteiger charge is -2.30. The standard InChI is InChI=1S/C24H26N2O3/c1-29-19-11-7-10-18(14-19)25-23(27)15-21-20-12-5-6-13-22(20)26(24(21)28)16-17-8-3-2-4-9-17/h2-4,7-11,14,22H,5-6,12-13,15-16H2,1H3,(H,25,27). The number of nitrogens with one attached hydrogen (secondary N) is 1. The number of fused-ring (bicyclic) bond motifs is 1. The molecule has 0 bridgehead atoms. The van der Waals surface area contributed by atoms with Crippen molar-refractivity contribution in [3.05, 3.63) is 71.3 Å². The summed E-state index contributed by atoms with van der Waals surface area (Å²) in [7, 11) is 1.59. The van der Waals surface area contributed by atoms with E-state index in [9.17, 15) is 9.59 Å². The molecule has 1 atom stereocenters. The first-order valence-corrected chi connectivity index (χ1v) is 10.2. The van der Waals surface area contributed by atoms with Gasteiger partial charge in [-0.3, -0.25) is 9.59 Å². The largest absolute Gasteiger partial charge is 0.497 e. The van der Waals surface area contributed by atoms with Crippen LogP contribution < -0.4 is 10.1 Å². The molecule has 1 aliphatic carbocycles. The second kappa shape index (κ2) is 8.52. The maximum atomic E-state index is 13.2. The van der Waals surface area contributed by atoms with Gasteiger partial charge in [-0.05, 0) is 42.5 Å². The fourth-order valence-electron chi connectivity index (χ4n) is 4.36. The Labute approximate surface area is 171 Å². The molecule has 2 amide bonds. The molecule has 150 valence electrons. The van der Waals surface area contributed by atoms with Gasteiger partial charge in [0.2, 0.25) is 5.91 Å². The minimum absolute atomic E-state index is 0.0107. The molecule has 0 aromatic heterocycles. The summed E-state index contributed by atoms with van der Waals surface area (Å²) in [5.74, 6) is 0.527. The Morgan fingerprint density at radius 3 is 2.76 bits per heavy atom. The van der Waals surface area contributed by atoms with Crippen LogP contribution in [0.1, 0.15) is 37.7 Å². The number of carbonyl (C=O) groups excluding carboxylic acids is 2. The molecule has 1 fully saturated rings. The number of hydrogen-bond acceptors (Lipinski definition) is 3. The second-order valence-electron chi connectivity index (χ2n) is 7.64. The highest BCUT2D eigenvalue weighted by molar-refractivity contribution is 6.04. The molecule has 2 aromatic carbocycles. The van der Waals surface area contributed by atoms with E-state index >= 15 is 0 Å². The van der Waals surface area contributed by atoms with Gasteiger partial charge in [0.25, 0.3) is 5.91 Å². The van der Waals surface area contributed by atoms with Crippen LogP contribution >= 0.6 is 0 Å². The minimum atomic E-state index is -0.167. The van der Waals surface area contributed by atoms with Crippen molar-refractivity contribution in [2.45, 2.75) is 44.7 Å². The van der Waals surface area contributed by atoms with Crippen molar-refractivity contribution in [1.29, 1.82) is 0 Å². The van der Waals surface area contributed by atoms with Crippen molar-refractivity contribution in [3.63, 3.8) is 0 Å². The number of nitrogens with zero attached hydrogens (tertiary/aromatic N) is 1. The van der Waals surface area contributed by atoms with Crippen molar-refractivity contribution >= 4 is 17.5 Å². The summed E-state index contributed by atoms with van der Waals surface area (Å²) < 4.78 is 5.21. The Hall–Kier alpha value is -3.08. The summed E-state index contributed by atoms with van der Waals surface area (Å²) in [5, 5.41) is 2.90. The van der Waals surface area contributed by atoms with Gasteiger partial charge in [0, 0.05) is 23.9 Å². The fraction of sp³-hybridized carbons (Fsp3) is 0.333. The van der Waals surface area contributed by atoms with Crippen molar-refractivity contribution < 1.29 is 14.3 Å². The molecule has 1 saturated carbocycles. The van der Waals surface area contributed by atoms with Crippen LogP contribution in [0.5, 0.6) is 5.75 Å². The highest BCUT2D eigenvalue weighted by Gasteiger charge is 2.40. The van der Waals surface area contributed by atoms with E-state index in [2.05, 4.69) is 5.32 Å². The second-order valence-corrected chi connectivity index (χ2v) is 7.64. The van der Waals surface area contributed by atoms with Gasteiger partial charge >= 0.3 is 0 Å². The fourth-order valence-corrected chi connectivity index (χ4v) is 4.36. The van der Waals surface area contributed by atoms with E-state index < -0.39 is 0 Å². The number of rotatable bonds is 6. The molecule has 0 saturated heterocycles. The summed E-state index contributed by atoms with van der Waals surface area (Å²) in [5.41, 5.74) is 3.64. The van der Waals surface area contributed by atoms with Crippen LogP contribution in [0.4, 0.5) is 5.69 Å². The maximum absolute atomic E-state index is 13.2. The topological polar surface area (TPSA) is 58.6 Å². The first-order chi connectivity index (χ1) is 14.2. The number of anilines is 1. The van der Waals surface area contributed by atoms with Crippen molar-refractivity contribution in [1.82, 2.24) is 4.90 Å². The van der Waals surface area contributed by atoms with Crippen LogP contribution in [0, 0.1) is 0 Å². The SMILES string of the molecule is COc1cccc(NC(=O)CC2=C3CCCCC3N(Cc3ccccc3)C2=O)c1. The van der Waals surface area contributed by atoms with Gasteiger partial charge in [0.05, 0.1) is 19.6 Å². The first-order valence-electron chi connectivity index (χ1n) is 10.2. The van der Waals surface area contributed by atoms with Gasteiger partial charge < -0.3 is 15.0 Å². The molecule has 2 aliphatic rings. The zero-order valence-electron chi connectivity index (χ0n) is 16.7. The van der Waals surface area contributed by atoms with E-state index in [1.165, 1.54) is 0 Å². The summed E-state index contributed by atoms with van der Waals surface area (Å²) in [4.78, 5) is 27.9. The molecule has 1 unspecified atom stereocenters. The van der Waals surface area contributed by atoms with Gasteiger partial charge in [-0.25, -0.2) is 0 Å². The normalized spacial score (nSPS) is 18.6. The Bertz CT molecular complexity index is 936. The van der Waals surface area contributed by atoms with Crippen LogP contribution in [0.2, 0.25) is 0 Å². The molecule has 1 heterocycles. The Morgan fingerprint density at radius 2 is 1.97 bits per heavy atom. The third kappa shape index (κ3) is 4.19. The van der Waals surface area contributed by atoms with Gasteiger partial charge in [-0.1, -0.05) is 42.8 Å². The lowest BCUT2D eigenvalue weighted by atomic mass is 9.88. The van der Waals surface area contributed by atoms with Crippen LogP contribution in [0.3, 0.4) is 0 Å². The van der Waals surface area contributed by atoms with Gasteiger partial charge in [-0.2, -0.15) is 0 Å². The van der Waals surface area contributed by atoms with E-state index in [1.807, 2.05) is 53.4 Å². The highest BCUT2D eigenvalue weighted by atomic mass is 16.5. The lowest BCUT2D eigenvalue weighted by molar-refractivity contribution is -0.129. The molecule has 4 rings (SSSR count). The van der Waals surface area contributed by atoms with Crippen LogP contribution in [-0.4, -0.2) is 29.9 Å². The molecule has 0 radical (unpaired) electrons. The van der Waals surface area contributed by atoms with E-state index in [0.717, 1.165) is 36.8 Å². The molecule has 5 heteroatoms. The van der Waals surface area contributed by atoms with E-state index in [4.69, 9.17) is 4.74 Å². The smallest absolute Gasteiger partial charge is 0.251 e. The molecule has 29 heavy (non-hydrogen) atoms. The molecule has 0 spiro atoms. The van der Waals surface area contributed by atoms with Crippen LogP contribution in [-0.2, 0) is 16.1 Å². The van der Waals surface area contributed by atoms with Crippen LogP contribution in [0.25, 0.3) is 0 Å². The molecular formula is C24H26N2O3. The number of carbonyl (C=O) groups is 2. The molecule has 2 aromatic rings. The Balaban J connectivity index is 1.50. The van der Waals surface area contributed by atoms with Crippen molar-refractivity contribution in [2.24, 2.45) is 0 Å². The van der Waals surface area contributed by atoms with Gasteiger partial charge in [0.1, 0.15) is 5.75 Å². The van der Waals surface area contributed by atoms with Gasteiger partial charge in [0.15, 0.2) is 0 Å². The first kappa shape index (κ1) is 19.2. The molecule has 5 nitrogen and oxygen atoms in total. The zero-order valence-corrected chi connectivity index (χ0v) is 16.7. The average molecular weight is 390 g/mol. The third-order valence-electron chi connectivity index (χ3n) is 5.75. The van der Waals surface area contributed by atoms with Crippen molar-refractivity contribution in [2.75, 3.05) is 12.4 Å². The zero-order chi connectivity index (χ0) is 20.2. The summed E-state index contributed by atoms with van der Waals surface area (Å²) in [6.45, 7) is 0.592. The maximum Gasteiger partial charge on any atom is 0.251 e. The number of ether oxygens (including phenoxy) is 1. The predicted octanol–water partition coefficient (Wildman–Crippen LogP) is 4.31. The minimum Gasteiger partial charge on any atom is -0.497 e. The average Bonchev–Trinajstić information content (AvgIpc) is 3.00. The lowest BCUT2D eigenvalue weighted by Crippen LogP contribution is -2.36. The monoisotopic (exact) mass is 390 g/mol. The number of amides is 2. The third-order valence-corrected chi connectivity index (χ3v) is 5.75. The molecular weight excluding hydrogens is 364 g/mol. The van der Waals surface area contributed by atoms with Crippen LogP contribution in [0.15, 0.2) is 65.7 Å². The summed E-state index contributed by atoms with van der Waals surface area (Å²) in [6, 6.07) is 17.4. The summed E-state index contributed by atoms with van der Waals surface area (Å²) in [6.07, 6.45) is 4.21. The Kier molecular flexibility index (Phi) is 5.65. The highest BCUT2D eigenvalue weighted by Crippen LogP contribution is 2.38. The van der Waals surface area contributed by atoms with E-state index in [-0.39, 0.29) is 24.3 Å². The quantitative estimate of drug-likeness (QED) is 0.800. The number of benzene rings is 2. The van der Waals surface area contributed by atoms with E-state index in [0.29, 0.717) is 23.6 Å².